The van der Waals surface area contributed by atoms with Crippen LogP contribution in [0.3, 0.4) is 0 Å². The number of hydrogen-bond acceptors (Lipinski definition) is 6. The Labute approximate surface area is 169 Å². The van der Waals surface area contributed by atoms with E-state index < -0.39 is 0 Å². The first-order valence-corrected chi connectivity index (χ1v) is 10.1. The third kappa shape index (κ3) is 3.60. The van der Waals surface area contributed by atoms with Crippen LogP contribution in [0.25, 0.3) is 11.0 Å². The molecule has 2 fully saturated rings. The first kappa shape index (κ1) is 18.2. The van der Waals surface area contributed by atoms with Gasteiger partial charge in [0.05, 0.1) is 18.6 Å². The molecule has 0 atom stereocenters. The van der Waals surface area contributed by atoms with Gasteiger partial charge in [-0.3, -0.25) is 0 Å². The molecule has 5 rings (SSSR count). The van der Waals surface area contributed by atoms with Crippen LogP contribution >= 0.6 is 0 Å². The largest absolute Gasteiger partial charge is 0.378 e. The van der Waals surface area contributed by atoms with Crippen LogP contribution in [0.2, 0.25) is 0 Å². The summed E-state index contributed by atoms with van der Waals surface area (Å²) in [7, 11) is 0. The van der Waals surface area contributed by atoms with Crippen LogP contribution in [0.5, 0.6) is 0 Å². The number of morpholine rings is 1. The Kier molecular flexibility index (Phi) is 4.71. The second-order valence-electron chi connectivity index (χ2n) is 7.61. The molecule has 2 aliphatic heterocycles. The molecule has 152 valence electrons. The Morgan fingerprint density at radius 1 is 0.897 bits per heavy atom. The highest BCUT2D eigenvalue weighted by Gasteiger charge is 2.24. The molecule has 0 bridgehead atoms. The molecule has 0 unspecified atom stereocenters. The van der Waals surface area contributed by atoms with E-state index in [0.717, 1.165) is 73.4 Å². The number of piperazine rings is 1. The van der Waals surface area contributed by atoms with Crippen molar-refractivity contribution in [2.24, 2.45) is 0 Å². The number of nitrogens with zero attached hydrogens (tertiary/aromatic N) is 5. The number of aryl methyl sites for hydroxylation is 1. The highest BCUT2D eigenvalue weighted by Crippen LogP contribution is 2.29. The number of H-pyrrole nitrogens is 1. The maximum absolute atomic E-state index is 13.2. The summed E-state index contributed by atoms with van der Waals surface area (Å²) in [5.74, 6) is 1.55. The van der Waals surface area contributed by atoms with Crippen LogP contribution in [-0.4, -0.2) is 67.4 Å². The minimum absolute atomic E-state index is 0.200. The van der Waals surface area contributed by atoms with Gasteiger partial charge in [0.1, 0.15) is 17.3 Å². The van der Waals surface area contributed by atoms with E-state index >= 15 is 0 Å². The fourth-order valence-electron chi connectivity index (χ4n) is 4.09. The van der Waals surface area contributed by atoms with E-state index in [1.54, 1.807) is 0 Å². The summed E-state index contributed by atoms with van der Waals surface area (Å²) in [6, 6.07) is 8.86. The Hall–Kier alpha value is -2.87. The minimum atomic E-state index is -0.200. The molecule has 7 nitrogen and oxygen atoms in total. The summed E-state index contributed by atoms with van der Waals surface area (Å²) >= 11 is 0. The molecular formula is C21H25FN6O. The van der Waals surface area contributed by atoms with Gasteiger partial charge in [-0.1, -0.05) is 0 Å². The molecule has 0 spiro atoms. The monoisotopic (exact) mass is 396 g/mol. The Bertz CT molecular complexity index is 990. The topological polar surface area (TPSA) is 60.5 Å². The molecule has 8 heteroatoms. The SMILES string of the molecule is Cc1cc2c(N3CCN(c4ccc(F)cc4)CC3)nc(N3CCOCC3)nc2[nH]1. The first-order chi connectivity index (χ1) is 14.2. The number of benzene rings is 1. The van der Waals surface area contributed by atoms with E-state index in [-0.39, 0.29) is 5.82 Å². The molecule has 1 aromatic carbocycles. The van der Waals surface area contributed by atoms with Crippen molar-refractivity contribution in [3.05, 3.63) is 41.8 Å². The zero-order valence-electron chi connectivity index (χ0n) is 16.6. The second kappa shape index (κ2) is 7.51. The summed E-state index contributed by atoms with van der Waals surface area (Å²) < 4.78 is 18.7. The molecule has 29 heavy (non-hydrogen) atoms. The lowest BCUT2D eigenvalue weighted by atomic mass is 10.2. The molecule has 4 heterocycles. The molecule has 2 saturated heterocycles. The maximum Gasteiger partial charge on any atom is 0.229 e. The second-order valence-corrected chi connectivity index (χ2v) is 7.61. The van der Waals surface area contributed by atoms with Crippen molar-refractivity contribution < 1.29 is 9.13 Å². The van der Waals surface area contributed by atoms with E-state index in [1.165, 1.54) is 12.1 Å². The molecule has 3 aromatic rings. The number of anilines is 3. The third-order valence-corrected chi connectivity index (χ3v) is 5.66. The average molecular weight is 396 g/mol. The minimum Gasteiger partial charge on any atom is -0.378 e. The van der Waals surface area contributed by atoms with Gasteiger partial charge >= 0.3 is 0 Å². The molecular weight excluding hydrogens is 371 g/mol. The van der Waals surface area contributed by atoms with Crippen LogP contribution in [0.4, 0.5) is 21.8 Å². The van der Waals surface area contributed by atoms with Gasteiger partial charge in [0.25, 0.3) is 0 Å². The van der Waals surface area contributed by atoms with Gasteiger partial charge in [0, 0.05) is 50.6 Å². The van der Waals surface area contributed by atoms with E-state index in [4.69, 9.17) is 14.7 Å². The summed E-state index contributed by atoms with van der Waals surface area (Å²) in [5, 5.41) is 1.06. The molecule has 1 N–H and O–H groups in total. The first-order valence-electron chi connectivity index (χ1n) is 10.1. The summed E-state index contributed by atoms with van der Waals surface area (Å²) in [5.41, 5.74) is 3.03. The van der Waals surface area contributed by atoms with Crippen LogP contribution in [0, 0.1) is 12.7 Å². The van der Waals surface area contributed by atoms with Crippen molar-refractivity contribution >= 4 is 28.5 Å². The summed E-state index contributed by atoms with van der Waals surface area (Å²) in [6.07, 6.45) is 0. The highest BCUT2D eigenvalue weighted by molar-refractivity contribution is 5.89. The number of nitrogens with one attached hydrogen (secondary N) is 1. The zero-order chi connectivity index (χ0) is 19.8. The predicted octanol–water partition coefficient (Wildman–Crippen LogP) is 2.57. The number of aromatic amines is 1. The van der Waals surface area contributed by atoms with Crippen LogP contribution in [-0.2, 0) is 4.74 Å². The predicted molar refractivity (Wildman–Crippen MR) is 112 cm³/mol. The highest BCUT2D eigenvalue weighted by atomic mass is 19.1. The van der Waals surface area contributed by atoms with Crippen molar-refractivity contribution in [1.82, 2.24) is 15.0 Å². The Balaban J connectivity index is 1.41. The van der Waals surface area contributed by atoms with E-state index in [2.05, 4.69) is 25.8 Å². The third-order valence-electron chi connectivity index (χ3n) is 5.66. The molecule has 0 amide bonds. The van der Waals surface area contributed by atoms with E-state index in [1.807, 2.05) is 19.1 Å². The lowest BCUT2D eigenvalue weighted by Gasteiger charge is -2.37. The van der Waals surface area contributed by atoms with E-state index in [0.29, 0.717) is 13.2 Å². The number of fused-ring (bicyclic) bond motifs is 1. The van der Waals surface area contributed by atoms with E-state index in [9.17, 15) is 4.39 Å². The molecule has 2 aromatic heterocycles. The normalized spacial score (nSPS) is 17.9. The lowest BCUT2D eigenvalue weighted by molar-refractivity contribution is 0.122. The number of rotatable bonds is 3. The van der Waals surface area contributed by atoms with Crippen molar-refractivity contribution in [2.75, 3.05) is 67.2 Å². The fourth-order valence-corrected chi connectivity index (χ4v) is 4.09. The van der Waals surface area contributed by atoms with Gasteiger partial charge in [-0.15, -0.1) is 0 Å². The molecule has 0 saturated carbocycles. The van der Waals surface area contributed by atoms with Gasteiger partial charge in [0.2, 0.25) is 5.95 Å². The summed E-state index contributed by atoms with van der Waals surface area (Å²) in [6.45, 7) is 8.53. The molecule has 0 aliphatic carbocycles. The van der Waals surface area contributed by atoms with Gasteiger partial charge in [-0.25, -0.2) is 4.39 Å². The smallest absolute Gasteiger partial charge is 0.229 e. The quantitative estimate of drug-likeness (QED) is 0.734. The van der Waals surface area contributed by atoms with Gasteiger partial charge in [-0.2, -0.15) is 9.97 Å². The van der Waals surface area contributed by atoms with Crippen molar-refractivity contribution in [3.8, 4) is 0 Å². The number of ether oxygens (including phenoxy) is 1. The number of halogens is 1. The maximum atomic E-state index is 13.2. The number of hydrogen-bond donors (Lipinski definition) is 1. The Morgan fingerprint density at radius 2 is 1.59 bits per heavy atom. The van der Waals surface area contributed by atoms with Gasteiger partial charge in [-0.05, 0) is 37.3 Å². The fraction of sp³-hybridized carbons (Fsp3) is 0.429. The van der Waals surface area contributed by atoms with Crippen LogP contribution in [0.15, 0.2) is 30.3 Å². The molecule has 0 radical (unpaired) electrons. The lowest BCUT2D eigenvalue weighted by Crippen LogP contribution is -2.47. The standard InChI is InChI=1S/C21H25FN6O/c1-15-14-18-19(23-15)24-21(28-10-12-29-13-11-28)25-20(18)27-8-6-26(7-9-27)17-4-2-16(22)3-5-17/h2-5,14H,6-13H2,1H3,(H,23,24,25). The van der Waals surface area contributed by atoms with Gasteiger partial charge < -0.3 is 24.4 Å². The van der Waals surface area contributed by atoms with Crippen LogP contribution < -0.4 is 14.7 Å². The zero-order valence-corrected chi connectivity index (χ0v) is 16.6. The summed E-state index contributed by atoms with van der Waals surface area (Å²) in [4.78, 5) is 19.9. The average Bonchev–Trinajstić information content (AvgIpc) is 3.14. The van der Waals surface area contributed by atoms with Gasteiger partial charge in [0.15, 0.2) is 0 Å². The number of aromatic nitrogens is 3. The van der Waals surface area contributed by atoms with Crippen molar-refractivity contribution in [3.63, 3.8) is 0 Å². The molecule has 2 aliphatic rings. The van der Waals surface area contributed by atoms with Crippen molar-refractivity contribution in [2.45, 2.75) is 6.92 Å². The van der Waals surface area contributed by atoms with Crippen LogP contribution in [0.1, 0.15) is 5.69 Å². The van der Waals surface area contributed by atoms with Crippen molar-refractivity contribution in [1.29, 1.82) is 0 Å². The Morgan fingerprint density at radius 3 is 2.31 bits per heavy atom.